The summed E-state index contributed by atoms with van der Waals surface area (Å²) in [5.41, 5.74) is 0.986. The van der Waals surface area contributed by atoms with Gasteiger partial charge in [-0.15, -0.1) is 0 Å². The molecule has 0 bridgehead atoms. The Kier molecular flexibility index (Phi) is 4.39. The summed E-state index contributed by atoms with van der Waals surface area (Å²) in [7, 11) is 0. The lowest BCUT2D eigenvalue weighted by atomic mass is 9.87. The fourth-order valence-corrected chi connectivity index (χ4v) is 3.17. The maximum atomic E-state index is 6.16. The molecule has 1 saturated carbocycles. The number of hydrogen-bond donors (Lipinski definition) is 1. The topological polar surface area (TPSA) is 37.8 Å². The third-order valence-electron chi connectivity index (χ3n) is 4.02. The van der Waals surface area contributed by atoms with Gasteiger partial charge in [0.15, 0.2) is 5.82 Å². The molecular weight excluding hydrogens is 282 g/mol. The number of benzene rings is 1. The lowest BCUT2D eigenvalue weighted by Crippen LogP contribution is -2.26. The van der Waals surface area contributed by atoms with Crippen molar-refractivity contribution in [1.29, 1.82) is 0 Å². The molecule has 0 aliphatic heterocycles. The molecule has 1 aliphatic carbocycles. The molecule has 0 amide bonds. The average Bonchev–Trinajstić information content (AvgIpc) is 2.47. The number of aromatic nitrogens is 2. The molecule has 0 saturated heterocycles. The van der Waals surface area contributed by atoms with Gasteiger partial charge in [0.05, 0.1) is 0 Å². The van der Waals surface area contributed by atoms with Crippen molar-refractivity contribution in [3.63, 3.8) is 0 Å². The zero-order chi connectivity index (χ0) is 14.7. The van der Waals surface area contributed by atoms with Gasteiger partial charge in [-0.3, -0.25) is 0 Å². The average molecular weight is 302 g/mol. The van der Waals surface area contributed by atoms with Crippen LogP contribution in [0.1, 0.15) is 32.6 Å². The largest absolute Gasteiger partial charge is 0.367 e. The van der Waals surface area contributed by atoms with E-state index in [0.717, 1.165) is 17.3 Å². The molecule has 110 valence electrons. The maximum Gasteiger partial charge on any atom is 0.163 e. The molecule has 21 heavy (non-hydrogen) atoms. The van der Waals surface area contributed by atoms with Gasteiger partial charge in [0.25, 0.3) is 0 Å². The second kappa shape index (κ2) is 6.44. The van der Waals surface area contributed by atoms with E-state index in [-0.39, 0.29) is 0 Å². The minimum Gasteiger partial charge on any atom is -0.367 e. The summed E-state index contributed by atoms with van der Waals surface area (Å²) in [6, 6.07) is 12.2. The van der Waals surface area contributed by atoms with Crippen LogP contribution in [0.2, 0.25) is 5.15 Å². The summed E-state index contributed by atoms with van der Waals surface area (Å²) >= 11 is 6.16. The van der Waals surface area contributed by atoms with Gasteiger partial charge in [-0.25, -0.2) is 9.97 Å². The second-order valence-electron chi connectivity index (χ2n) is 5.88. The van der Waals surface area contributed by atoms with Crippen LogP contribution in [-0.4, -0.2) is 16.0 Å². The Morgan fingerprint density at radius 3 is 2.71 bits per heavy atom. The van der Waals surface area contributed by atoms with E-state index in [1.807, 2.05) is 36.4 Å². The second-order valence-corrected chi connectivity index (χ2v) is 6.27. The predicted molar refractivity (Wildman–Crippen MR) is 87.5 cm³/mol. The lowest BCUT2D eigenvalue weighted by molar-refractivity contribution is 0.358. The standard InChI is InChI=1S/C17H20ClN3/c1-12-6-5-9-14(10-12)19-16-11-15(18)20-17(21-16)13-7-3-2-4-8-13/h2-4,7-8,11-12,14H,5-6,9-10H2,1H3,(H,19,20,21). The first kappa shape index (κ1) is 14.3. The number of hydrogen-bond acceptors (Lipinski definition) is 3. The fourth-order valence-electron chi connectivity index (χ4n) is 2.98. The number of nitrogens with zero attached hydrogens (tertiary/aromatic N) is 2. The summed E-state index contributed by atoms with van der Waals surface area (Å²) in [6.07, 6.45) is 5.01. The van der Waals surface area contributed by atoms with Crippen LogP contribution in [-0.2, 0) is 0 Å². The molecule has 2 atom stereocenters. The summed E-state index contributed by atoms with van der Waals surface area (Å²) in [6.45, 7) is 2.32. The van der Waals surface area contributed by atoms with E-state index in [2.05, 4.69) is 22.2 Å². The molecule has 3 nitrogen and oxygen atoms in total. The molecule has 1 aromatic heterocycles. The smallest absolute Gasteiger partial charge is 0.163 e. The summed E-state index contributed by atoms with van der Waals surface area (Å²) in [4.78, 5) is 8.94. The quantitative estimate of drug-likeness (QED) is 0.828. The van der Waals surface area contributed by atoms with Crippen LogP contribution in [0.3, 0.4) is 0 Å². The van der Waals surface area contributed by atoms with Crippen LogP contribution < -0.4 is 5.32 Å². The van der Waals surface area contributed by atoms with Crippen LogP contribution in [0.4, 0.5) is 5.82 Å². The molecule has 1 aromatic carbocycles. The maximum absolute atomic E-state index is 6.16. The summed E-state index contributed by atoms with van der Waals surface area (Å²) in [5.74, 6) is 2.28. The first-order chi connectivity index (χ1) is 10.2. The van der Waals surface area contributed by atoms with Gasteiger partial charge >= 0.3 is 0 Å². The Morgan fingerprint density at radius 1 is 1.14 bits per heavy atom. The van der Waals surface area contributed by atoms with Crippen molar-refractivity contribution in [2.24, 2.45) is 5.92 Å². The summed E-state index contributed by atoms with van der Waals surface area (Å²) < 4.78 is 0. The Hall–Kier alpha value is -1.61. The molecule has 1 heterocycles. The SMILES string of the molecule is CC1CCCC(Nc2cc(Cl)nc(-c3ccccc3)n2)C1. The van der Waals surface area contributed by atoms with Crippen LogP contribution in [0, 0.1) is 5.92 Å². The van der Waals surface area contributed by atoms with E-state index in [4.69, 9.17) is 11.6 Å². The zero-order valence-corrected chi connectivity index (χ0v) is 13.0. The number of halogens is 1. The van der Waals surface area contributed by atoms with Crippen LogP contribution in [0.25, 0.3) is 11.4 Å². The number of rotatable bonds is 3. The molecule has 2 unspecified atom stereocenters. The van der Waals surface area contributed by atoms with E-state index in [1.54, 1.807) is 0 Å². The number of nitrogens with one attached hydrogen (secondary N) is 1. The van der Waals surface area contributed by atoms with E-state index in [0.29, 0.717) is 17.0 Å². The monoisotopic (exact) mass is 301 g/mol. The van der Waals surface area contributed by atoms with Gasteiger partial charge < -0.3 is 5.32 Å². The third-order valence-corrected chi connectivity index (χ3v) is 4.21. The van der Waals surface area contributed by atoms with Crippen molar-refractivity contribution >= 4 is 17.4 Å². The van der Waals surface area contributed by atoms with Gasteiger partial charge in [-0.2, -0.15) is 0 Å². The normalized spacial score (nSPS) is 22.0. The highest BCUT2D eigenvalue weighted by Gasteiger charge is 2.19. The molecule has 0 radical (unpaired) electrons. The fraction of sp³-hybridized carbons (Fsp3) is 0.412. The summed E-state index contributed by atoms with van der Waals surface area (Å²) in [5, 5.41) is 4.01. The van der Waals surface area contributed by atoms with Crippen LogP contribution in [0.5, 0.6) is 0 Å². The van der Waals surface area contributed by atoms with Crippen molar-refractivity contribution in [1.82, 2.24) is 9.97 Å². The number of anilines is 1. The van der Waals surface area contributed by atoms with Crippen molar-refractivity contribution in [3.05, 3.63) is 41.6 Å². The Labute approximate surface area is 130 Å². The molecule has 1 aliphatic rings. The van der Waals surface area contributed by atoms with E-state index < -0.39 is 0 Å². The van der Waals surface area contributed by atoms with Crippen molar-refractivity contribution in [2.75, 3.05) is 5.32 Å². The molecule has 0 spiro atoms. The highest BCUT2D eigenvalue weighted by molar-refractivity contribution is 6.29. The molecule has 1 N–H and O–H groups in total. The molecular formula is C17H20ClN3. The Bertz CT molecular complexity index is 600. The molecule has 3 rings (SSSR count). The van der Waals surface area contributed by atoms with Crippen molar-refractivity contribution < 1.29 is 0 Å². The third kappa shape index (κ3) is 3.73. The first-order valence-electron chi connectivity index (χ1n) is 7.57. The van der Waals surface area contributed by atoms with E-state index in [1.165, 1.54) is 25.7 Å². The Morgan fingerprint density at radius 2 is 1.95 bits per heavy atom. The van der Waals surface area contributed by atoms with Crippen LogP contribution >= 0.6 is 11.6 Å². The van der Waals surface area contributed by atoms with Gasteiger partial charge in [0, 0.05) is 17.7 Å². The molecule has 4 heteroatoms. The van der Waals surface area contributed by atoms with Crippen LogP contribution in [0.15, 0.2) is 36.4 Å². The van der Waals surface area contributed by atoms with E-state index in [9.17, 15) is 0 Å². The molecule has 1 fully saturated rings. The highest BCUT2D eigenvalue weighted by atomic mass is 35.5. The van der Waals surface area contributed by atoms with Gasteiger partial charge in [-0.1, -0.05) is 61.7 Å². The van der Waals surface area contributed by atoms with E-state index >= 15 is 0 Å². The highest BCUT2D eigenvalue weighted by Crippen LogP contribution is 2.27. The van der Waals surface area contributed by atoms with Gasteiger partial charge in [0.1, 0.15) is 11.0 Å². The van der Waals surface area contributed by atoms with Crippen molar-refractivity contribution in [3.8, 4) is 11.4 Å². The minimum atomic E-state index is 0.482. The Balaban J connectivity index is 1.81. The first-order valence-corrected chi connectivity index (χ1v) is 7.95. The van der Waals surface area contributed by atoms with Gasteiger partial charge in [0.2, 0.25) is 0 Å². The lowest BCUT2D eigenvalue weighted by Gasteiger charge is -2.27. The zero-order valence-electron chi connectivity index (χ0n) is 12.2. The predicted octanol–water partition coefficient (Wildman–Crippen LogP) is 4.79. The van der Waals surface area contributed by atoms with Crippen molar-refractivity contribution in [2.45, 2.75) is 38.6 Å². The van der Waals surface area contributed by atoms with Gasteiger partial charge in [-0.05, 0) is 18.8 Å². The molecule has 2 aromatic rings. The minimum absolute atomic E-state index is 0.482.